The molecular formula is C23H15FN2O5. The Morgan fingerprint density at radius 1 is 1.06 bits per heavy atom. The zero-order valence-corrected chi connectivity index (χ0v) is 16.0. The van der Waals surface area contributed by atoms with E-state index >= 15 is 0 Å². The molecule has 0 bridgehead atoms. The molecule has 31 heavy (non-hydrogen) atoms. The summed E-state index contributed by atoms with van der Waals surface area (Å²) < 4.78 is 24.2. The van der Waals surface area contributed by atoms with Crippen LogP contribution in [-0.4, -0.2) is 16.8 Å². The Balaban J connectivity index is 1.44. The van der Waals surface area contributed by atoms with Crippen molar-refractivity contribution >= 4 is 23.6 Å². The number of rotatable bonds is 6. The number of carbonyl (C=O) groups is 1. The van der Waals surface area contributed by atoms with E-state index in [1.54, 1.807) is 48.5 Å². The second-order valence-electron chi connectivity index (χ2n) is 6.63. The van der Waals surface area contributed by atoms with Gasteiger partial charge in [-0.05, 0) is 47.5 Å². The van der Waals surface area contributed by atoms with Gasteiger partial charge in [-0.2, -0.15) is 0 Å². The number of hydrogen-bond donors (Lipinski definition) is 0. The molecule has 1 heterocycles. The van der Waals surface area contributed by atoms with Crippen LogP contribution in [0.2, 0.25) is 0 Å². The van der Waals surface area contributed by atoms with Crippen molar-refractivity contribution in [2.45, 2.75) is 6.61 Å². The van der Waals surface area contributed by atoms with Crippen LogP contribution in [0, 0.1) is 15.9 Å². The SMILES string of the molecule is O=C1OC(c2cccc(F)c2)=N/C1=C/c1ccc(OCc2cccc([N+](=O)[O-])c2)cc1. The van der Waals surface area contributed by atoms with Crippen LogP contribution in [0.5, 0.6) is 5.75 Å². The molecule has 0 saturated carbocycles. The molecule has 3 aromatic rings. The summed E-state index contributed by atoms with van der Waals surface area (Å²) >= 11 is 0. The number of nitro benzene ring substituents is 1. The van der Waals surface area contributed by atoms with Gasteiger partial charge in [-0.25, -0.2) is 14.2 Å². The first-order valence-electron chi connectivity index (χ1n) is 9.23. The Hall–Kier alpha value is -4.33. The summed E-state index contributed by atoms with van der Waals surface area (Å²) in [4.78, 5) is 26.6. The van der Waals surface area contributed by atoms with E-state index in [0.29, 0.717) is 22.4 Å². The van der Waals surface area contributed by atoms with Crippen LogP contribution in [0.3, 0.4) is 0 Å². The van der Waals surface area contributed by atoms with Gasteiger partial charge in [0.05, 0.1) is 4.92 Å². The molecule has 8 heteroatoms. The number of cyclic esters (lactones) is 1. The molecule has 0 aliphatic carbocycles. The number of nitro groups is 1. The number of hydrogen-bond acceptors (Lipinski definition) is 6. The van der Waals surface area contributed by atoms with Crippen molar-refractivity contribution in [3.8, 4) is 5.75 Å². The van der Waals surface area contributed by atoms with Gasteiger partial charge >= 0.3 is 5.97 Å². The Labute approximate surface area is 176 Å². The van der Waals surface area contributed by atoms with Crippen molar-refractivity contribution in [1.29, 1.82) is 0 Å². The van der Waals surface area contributed by atoms with Crippen molar-refractivity contribution in [3.05, 3.63) is 111 Å². The number of ether oxygens (including phenoxy) is 2. The topological polar surface area (TPSA) is 91.0 Å². The van der Waals surface area contributed by atoms with Crippen LogP contribution in [0.4, 0.5) is 10.1 Å². The summed E-state index contributed by atoms with van der Waals surface area (Å²) in [6, 6.07) is 18.8. The summed E-state index contributed by atoms with van der Waals surface area (Å²) in [5.74, 6) is -0.459. The second-order valence-corrected chi connectivity index (χ2v) is 6.63. The maximum atomic E-state index is 13.4. The second kappa shape index (κ2) is 8.58. The Morgan fingerprint density at radius 2 is 1.84 bits per heavy atom. The van der Waals surface area contributed by atoms with E-state index < -0.39 is 16.7 Å². The molecule has 0 spiro atoms. The van der Waals surface area contributed by atoms with E-state index in [4.69, 9.17) is 9.47 Å². The van der Waals surface area contributed by atoms with E-state index in [2.05, 4.69) is 4.99 Å². The molecule has 0 atom stereocenters. The molecule has 154 valence electrons. The fourth-order valence-corrected chi connectivity index (χ4v) is 2.90. The van der Waals surface area contributed by atoms with Crippen LogP contribution < -0.4 is 4.74 Å². The quantitative estimate of drug-likeness (QED) is 0.251. The van der Waals surface area contributed by atoms with E-state index in [-0.39, 0.29) is 23.9 Å². The number of non-ortho nitro benzene ring substituents is 1. The lowest BCUT2D eigenvalue weighted by Gasteiger charge is -2.06. The summed E-state index contributed by atoms with van der Waals surface area (Å²) in [5, 5.41) is 10.8. The molecule has 4 rings (SSSR count). The fraction of sp³-hybridized carbons (Fsp3) is 0.0435. The lowest BCUT2D eigenvalue weighted by molar-refractivity contribution is -0.384. The molecule has 0 saturated heterocycles. The smallest absolute Gasteiger partial charge is 0.363 e. The minimum absolute atomic E-state index is 0.00434. The maximum absolute atomic E-state index is 13.4. The average Bonchev–Trinajstić information content (AvgIpc) is 3.14. The summed E-state index contributed by atoms with van der Waals surface area (Å²) in [6.45, 7) is 0.176. The molecule has 0 amide bonds. The van der Waals surface area contributed by atoms with Gasteiger partial charge in [0.25, 0.3) is 5.69 Å². The predicted octanol–water partition coefficient (Wildman–Crippen LogP) is 4.66. The molecular weight excluding hydrogens is 403 g/mol. The van der Waals surface area contributed by atoms with Crippen LogP contribution in [0.15, 0.2) is 83.5 Å². The lowest BCUT2D eigenvalue weighted by atomic mass is 10.2. The molecule has 1 aliphatic rings. The van der Waals surface area contributed by atoms with Crippen molar-refractivity contribution in [2.75, 3.05) is 0 Å². The summed E-state index contributed by atoms with van der Waals surface area (Å²) in [7, 11) is 0. The number of halogens is 1. The zero-order chi connectivity index (χ0) is 21.8. The van der Waals surface area contributed by atoms with Gasteiger partial charge in [-0.15, -0.1) is 0 Å². The number of aliphatic imine (C=N–C) groups is 1. The molecule has 0 radical (unpaired) electrons. The third kappa shape index (κ3) is 4.81. The monoisotopic (exact) mass is 418 g/mol. The molecule has 0 fully saturated rings. The van der Waals surface area contributed by atoms with Crippen LogP contribution in [0.1, 0.15) is 16.7 Å². The lowest BCUT2D eigenvalue weighted by Crippen LogP contribution is -2.05. The van der Waals surface area contributed by atoms with Gasteiger partial charge in [0.15, 0.2) is 5.70 Å². The third-order valence-electron chi connectivity index (χ3n) is 4.40. The normalized spacial score (nSPS) is 14.3. The number of carbonyl (C=O) groups excluding carboxylic acids is 1. The highest BCUT2D eigenvalue weighted by Gasteiger charge is 2.24. The first-order chi connectivity index (χ1) is 15.0. The van der Waals surface area contributed by atoms with E-state index in [9.17, 15) is 19.3 Å². The number of benzene rings is 3. The molecule has 1 aliphatic heterocycles. The fourth-order valence-electron chi connectivity index (χ4n) is 2.90. The average molecular weight is 418 g/mol. The van der Waals surface area contributed by atoms with Gasteiger partial charge in [0.2, 0.25) is 5.90 Å². The summed E-state index contributed by atoms with van der Waals surface area (Å²) in [6.07, 6.45) is 1.55. The summed E-state index contributed by atoms with van der Waals surface area (Å²) in [5.41, 5.74) is 1.85. The van der Waals surface area contributed by atoms with Gasteiger partial charge in [-0.1, -0.05) is 30.3 Å². The first-order valence-corrected chi connectivity index (χ1v) is 9.23. The third-order valence-corrected chi connectivity index (χ3v) is 4.40. The van der Waals surface area contributed by atoms with Crippen LogP contribution in [0.25, 0.3) is 6.08 Å². The standard InChI is InChI=1S/C23H15FN2O5/c24-18-5-2-4-17(13-18)22-25-21(23(27)31-22)12-15-7-9-20(10-8-15)30-14-16-3-1-6-19(11-16)26(28)29/h1-13H,14H2/b21-12+. The van der Waals surface area contributed by atoms with Crippen LogP contribution in [-0.2, 0) is 16.1 Å². The Morgan fingerprint density at radius 3 is 2.58 bits per heavy atom. The molecule has 3 aromatic carbocycles. The molecule has 0 aromatic heterocycles. The van der Waals surface area contributed by atoms with Crippen molar-refractivity contribution in [3.63, 3.8) is 0 Å². The Bertz CT molecular complexity index is 1220. The molecule has 0 N–H and O–H groups in total. The molecule has 0 unspecified atom stereocenters. The van der Waals surface area contributed by atoms with Gasteiger partial charge < -0.3 is 9.47 Å². The Kier molecular flexibility index (Phi) is 5.53. The van der Waals surface area contributed by atoms with Gasteiger partial charge in [0.1, 0.15) is 18.2 Å². The van der Waals surface area contributed by atoms with Crippen LogP contribution >= 0.6 is 0 Å². The predicted molar refractivity (Wildman–Crippen MR) is 111 cm³/mol. The highest BCUT2D eigenvalue weighted by atomic mass is 19.1. The highest BCUT2D eigenvalue weighted by molar-refractivity contribution is 6.12. The van der Waals surface area contributed by atoms with E-state index in [1.165, 1.54) is 30.3 Å². The zero-order valence-electron chi connectivity index (χ0n) is 16.0. The maximum Gasteiger partial charge on any atom is 0.363 e. The molecule has 7 nitrogen and oxygen atoms in total. The largest absolute Gasteiger partial charge is 0.489 e. The van der Waals surface area contributed by atoms with E-state index in [0.717, 1.165) is 0 Å². The van der Waals surface area contributed by atoms with Crippen molar-refractivity contribution in [2.24, 2.45) is 4.99 Å². The minimum Gasteiger partial charge on any atom is -0.489 e. The number of nitrogens with zero attached hydrogens (tertiary/aromatic N) is 2. The van der Waals surface area contributed by atoms with Gasteiger partial charge in [-0.3, -0.25) is 10.1 Å². The van der Waals surface area contributed by atoms with Crippen molar-refractivity contribution in [1.82, 2.24) is 0 Å². The highest BCUT2D eigenvalue weighted by Crippen LogP contribution is 2.22. The number of esters is 1. The van der Waals surface area contributed by atoms with Gasteiger partial charge in [0, 0.05) is 17.7 Å². The first kappa shape index (κ1) is 20.0. The minimum atomic E-state index is -0.620. The van der Waals surface area contributed by atoms with E-state index in [1.807, 2.05) is 0 Å². The van der Waals surface area contributed by atoms with Crippen molar-refractivity contribution < 1.29 is 23.6 Å².